The van der Waals surface area contributed by atoms with E-state index < -0.39 is 0 Å². The average Bonchev–Trinajstić information content (AvgIpc) is 2.63. The first-order chi connectivity index (χ1) is 12.8. The number of benzene rings is 1. The predicted octanol–water partition coefficient (Wildman–Crippen LogP) is 3.34. The van der Waals surface area contributed by atoms with Gasteiger partial charge in [0.15, 0.2) is 0 Å². The number of hydrogen-bond acceptors (Lipinski definition) is 4. The highest BCUT2D eigenvalue weighted by atomic mass is 16.5. The number of quaternary nitrogens is 1. The summed E-state index contributed by atoms with van der Waals surface area (Å²) in [5, 5.41) is 0. The number of rotatable bonds is 3. The van der Waals surface area contributed by atoms with Crippen molar-refractivity contribution in [3.63, 3.8) is 0 Å². The molecule has 5 nitrogen and oxygen atoms in total. The maximum atomic E-state index is 11.4. The molecular weight excluding hydrogens is 342 g/mol. The molecule has 5 heteroatoms. The maximum Gasteiger partial charge on any atom is 0.308 e. The topological polar surface area (TPSA) is 52.6 Å². The molecule has 0 N–H and O–H groups in total. The van der Waals surface area contributed by atoms with Gasteiger partial charge < -0.3 is 9.47 Å². The molecule has 1 aliphatic heterocycles. The molecule has 4 rings (SSSR count). The molecule has 1 saturated carbocycles. The largest absolute Gasteiger partial charge is 0.427 e. The van der Waals surface area contributed by atoms with Crippen molar-refractivity contribution in [2.45, 2.75) is 63.8 Å². The number of fused-ring (bicyclic) bond motifs is 1. The van der Waals surface area contributed by atoms with Crippen LogP contribution in [0.1, 0.15) is 57.1 Å². The van der Waals surface area contributed by atoms with Gasteiger partial charge in [-0.05, 0) is 36.1 Å². The van der Waals surface area contributed by atoms with Crippen LogP contribution in [0.3, 0.4) is 0 Å². The van der Waals surface area contributed by atoms with E-state index in [0.717, 1.165) is 23.9 Å². The number of nitrogens with zero attached hydrogens (tertiary/aromatic N) is 1. The van der Waals surface area contributed by atoms with Gasteiger partial charge in [0.1, 0.15) is 5.75 Å². The number of likely N-dealkylation sites (N-methyl/N-ethyl adjacent to an activating group) is 1. The van der Waals surface area contributed by atoms with Gasteiger partial charge in [0, 0.05) is 38.0 Å². The minimum Gasteiger partial charge on any atom is -0.427 e. The third kappa shape index (κ3) is 3.06. The van der Waals surface area contributed by atoms with E-state index in [-0.39, 0.29) is 17.4 Å². The molecule has 146 valence electrons. The fourth-order valence-electron chi connectivity index (χ4n) is 6.07. The Morgan fingerprint density at radius 2 is 2.00 bits per heavy atom. The van der Waals surface area contributed by atoms with Gasteiger partial charge in [-0.1, -0.05) is 18.9 Å². The van der Waals surface area contributed by atoms with Crippen molar-refractivity contribution in [3.8, 4) is 5.75 Å². The van der Waals surface area contributed by atoms with Crippen molar-refractivity contribution in [1.82, 2.24) is 0 Å². The zero-order valence-electron chi connectivity index (χ0n) is 16.6. The minimum absolute atomic E-state index is 0.181. The normalized spacial score (nSPS) is 34.2. The van der Waals surface area contributed by atoms with E-state index in [4.69, 9.17) is 9.47 Å². The van der Waals surface area contributed by atoms with E-state index in [9.17, 15) is 9.59 Å². The Morgan fingerprint density at radius 3 is 2.74 bits per heavy atom. The van der Waals surface area contributed by atoms with Crippen LogP contribution < -0.4 is 4.74 Å². The van der Waals surface area contributed by atoms with Gasteiger partial charge in [-0.25, -0.2) is 0 Å². The number of piperidine rings is 1. The third-order valence-electron chi connectivity index (χ3n) is 7.30. The van der Waals surface area contributed by atoms with Crippen LogP contribution in [0.5, 0.6) is 5.75 Å². The Balaban J connectivity index is 1.74. The summed E-state index contributed by atoms with van der Waals surface area (Å²) in [5.74, 6) is 0.800. The van der Waals surface area contributed by atoms with Crippen LogP contribution in [0.4, 0.5) is 0 Å². The Kier molecular flexibility index (Phi) is 4.53. The summed E-state index contributed by atoms with van der Waals surface area (Å²) >= 11 is 0. The van der Waals surface area contributed by atoms with Crippen LogP contribution in [0.2, 0.25) is 0 Å². The second-order valence-electron chi connectivity index (χ2n) is 8.91. The second-order valence-corrected chi connectivity index (χ2v) is 8.91. The lowest BCUT2D eigenvalue weighted by molar-refractivity contribution is -0.959. The fraction of sp³-hybridized carbons (Fsp3) is 0.636. The lowest BCUT2D eigenvalue weighted by Gasteiger charge is -2.60. The molecule has 1 saturated heterocycles. The van der Waals surface area contributed by atoms with Crippen molar-refractivity contribution in [2.75, 3.05) is 20.3 Å². The summed E-state index contributed by atoms with van der Waals surface area (Å²) in [6.07, 6.45) is 7.07. The van der Waals surface area contributed by atoms with Crippen molar-refractivity contribution >= 4 is 11.9 Å². The number of likely N-dealkylation sites (tertiary alicyclic amines) is 1. The molecule has 2 bridgehead atoms. The van der Waals surface area contributed by atoms with Gasteiger partial charge in [-0.2, -0.15) is 0 Å². The van der Waals surface area contributed by atoms with E-state index in [1.165, 1.54) is 50.7 Å². The first-order valence-corrected chi connectivity index (χ1v) is 10.1. The third-order valence-corrected chi connectivity index (χ3v) is 7.30. The molecular formula is C22H30NO4+. The number of carbonyl (C=O) groups is 2. The van der Waals surface area contributed by atoms with Crippen molar-refractivity contribution in [3.05, 3.63) is 29.3 Å². The summed E-state index contributed by atoms with van der Waals surface area (Å²) in [4.78, 5) is 22.9. The lowest BCUT2D eigenvalue weighted by atomic mass is 9.52. The molecule has 2 aliphatic carbocycles. The molecule has 3 aliphatic rings. The van der Waals surface area contributed by atoms with Crippen molar-refractivity contribution < 1.29 is 23.5 Å². The molecule has 1 aromatic rings. The highest BCUT2D eigenvalue weighted by Crippen LogP contribution is 2.57. The van der Waals surface area contributed by atoms with Crippen LogP contribution in [0.25, 0.3) is 0 Å². The molecule has 4 atom stereocenters. The van der Waals surface area contributed by atoms with Crippen LogP contribution in [-0.2, 0) is 26.2 Å². The second kappa shape index (κ2) is 6.62. The summed E-state index contributed by atoms with van der Waals surface area (Å²) in [6, 6.07) is 6.68. The summed E-state index contributed by atoms with van der Waals surface area (Å²) in [5.41, 5.74) is 2.96. The summed E-state index contributed by atoms with van der Waals surface area (Å²) in [6.45, 7) is 4.43. The Labute approximate surface area is 161 Å². The monoisotopic (exact) mass is 372 g/mol. The van der Waals surface area contributed by atoms with Gasteiger partial charge >= 0.3 is 11.9 Å². The minimum atomic E-state index is -0.268. The van der Waals surface area contributed by atoms with E-state index in [1.807, 2.05) is 6.07 Å². The summed E-state index contributed by atoms with van der Waals surface area (Å²) in [7, 11) is 2.25. The van der Waals surface area contributed by atoms with E-state index in [2.05, 4.69) is 19.2 Å². The molecule has 1 heterocycles. The highest BCUT2D eigenvalue weighted by Gasteiger charge is 2.59. The number of ether oxygens (including phenoxy) is 2. The van der Waals surface area contributed by atoms with Gasteiger partial charge in [0.2, 0.25) is 6.73 Å². The van der Waals surface area contributed by atoms with Crippen molar-refractivity contribution in [1.29, 1.82) is 0 Å². The van der Waals surface area contributed by atoms with Gasteiger partial charge in [-0.15, -0.1) is 0 Å². The zero-order chi connectivity index (χ0) is 19.2. The molecule has 0 aromatic heterocycles. The van der Waals surface area contributed by atoms with Crippen LogP contribution in [0, 0.1) is 5.92 Å². The zero-order valence-corrected chi connectivity index (χ0v) is 16.6. The molecule has 1 aromatic carbocycles. The average molecular weight is 372 g/mol. The van der Waals surface area contributed by atoms with E-state index >= 15 is 0 Å². The Morgan fingerprint density at radius 1 is 1.19 bits per heavy atom. The SMILES string of the molecule is CC(=O)OC[N@@+]1(C)CC[C@@]23CCCC[C@@H]2[C@@H]1Cc1ccc(OC(C)=O)cc13. The standard InChI is InChI=1S/C22H30NO4/c1-15(24)26-14-23(3)11-10-22-9-5-4-6-19(22)21(23)12-17-7-8-18(13-20(17)22)27-16(2)25/h7-8,13,19,21H,4-6,9-12,14H2,1-3H3/q+1/t19-,21+,22+,23-/m1/s1. The fourth-order valence-corrected chi connectivity index (χ4v) is 6.07. The molecule has 0 radical (unpaired) electrons. The highest BCUT2D eigenvalue weighted by molar-refractivity contribution is 5.69. The van der Waals surface area contributed by atoms with Crippen LogP contribution in [-0.4, -0.2) is 42.8 Å². The maximum absolute atomic E-state index is 11.4. The quantitative estimate of drug-likeness (QED) is 0.464. The van der Waals surface area contributed by atoms with E-state index in [1.54, 1.807) is 0 Å². The molecule has 0 spiro atoms. The molecule has 27 heavy (non-hydrogen) atoms. The number of hydrogen-bond donors (Lipinski definition) is 0. The van der Waals surface area contributed by atoms with E-state index in [0.29, 0.717) is 24.4 Å². The van der Waals surface area contributed by atoms with Crippen molar-refractivity contribution in [2.24, 2.45) is 5.92 Å². The number of carbonyl (C=O) groups excluding carboxylic acids is 2. The first-order valence-electron chi connectivity index (χ1n) is 10.1. The van der Waals surface area contributed by atoms with Gasteiger partial charge in [0.25, 0.3) is 0 Å². The predicted molar refractivity (Wildman–Crippen MR) is 101 cm³/mol. The molecule has 2 fully saturated rings. The van der Waals surface area contributed by atoms with Gasteiger partial charge in [-0.3, -0.25) is 14.1 Å². The molecule has 0 unspecified atom stereocenters. The van der Waals surface area contributed by atoms with Gasteiger partial charge in [0.05, 0.1) is 19.6 Å². The first kappa shape index (κ1) is 18.5. The Hall–Kier alpha value is -1.88. The summed E-state index contributed by atoms with van der Waals surface area (Å²) < 4.78 is 11.7. The lowest BCUT2D eigenvalue weighted by Crippen LogP contribution is -2.69. The smallest absolute Gasteiger partial charge is 0.308 e. The van der Waals surface area contributed by atoms with Crippen LogP contribution in [0.15, 0.2) is 18.2 Å². The molecule has 0 amide bonds. The Bertz CT molecular complexity index is 776. The number of esters is 2. The van der Waals surface area contributed by atoms with Crippen LogP contribution >= 0.6 is 0 Å².